The second kappa shape index (κ2) is 6.93. The lowest BCUT2D eigenvalue weighted by Crippen LogP contribution is -2.37. The van der Waals surface area contributed by atoms with E-state index in [1.54, 1.807) is 0 Å². The molecule has 17 heavy (non-hydrogen) atoms. The van der Waals surface area contributed by atoms with E-state index in [9.17, 15) is 4.79 Å². The van der Waals surface area contributed by atoms with E-state index in [0.717, 1.165) is 12.5 Å². The Bertz CT molecular complexity index is 248. The van der Waals surface area contributed by atoms with Crippen molar-refractivity contribution in [2.45, 2.75) is 25.3 Å². The van der Waals surface area contributed by atoms with Crippen molar-refractivity contribution in [1.29, 1.82) is 0 Å². The molecular formula is C12H25N3O2. The van der Waals surface area contributed by atoms with E-state index >= 15 is 0 Å². The number of carboxylic acids is 1. The molecule has 0 radical (unpaired) electrons. The Morgan fingerprint density at radius 1 is 1.65 bits per heavy atom. The lowest BCUT2D eigenvalue weighted by Gasteiger charge is -2.21. The van der Waals surface area contributed by atoms with Crippen LogP contribution in [0.5, 0.6) is 0 Å². The van der Waals surface area contributed by atoms with Gasteiger partial charge in [0.15, 0.2) is 0 Å². The highest BCUT2D eigenvalue weighted by Gasteiger charge is 2.19. The first-order valence-electron chi connectivity index (χ1n) is 6.32. The molecule has 0 spiro atoms. The van der Waals surface area contributed by atoms with Crippen molar-refractivity contribution in [3.63, 3.8) is 0 Å². The predicted molar refractivity (Wildman–Crippen MR) is 67.9 cm³/mol. The Hall–Kier alpha value is -0.650. The van der Waals surface area contributed by atoms with Gasteiger partial charge in [-0.3, -0.25) is 4.79 Å². The Morgan fingerprint density at radius 3 is 2.88 bits per heavy atom. The zero-order valence-corrected chi connectivity index (χ0v) is 10.9. The largest absolute Gasteiger partial charge is 0.481 e. The van der Waals surface area contributed by atoms with Crippen molar-refractivity contribution in [3.05, 3.63) is 0 Å². The van der Waals surface area contributed by atoms with E-state index in [1.807, 2.05) is 7.05 Å². The number of likely N-dealkylation sites (N-methyl/N-ethyl adjacent to an activating group) is 1. The smallest absolute Gasteiger partial charge is 0.304 e. The monoisotopic (exact) mass is 243 g/mol. The quantitative estimate of drug-likeness (QED) is 0.662. The van der Waals surface area contributed by atoms with Gasteiger partial charge in [-0.05, 0) is 45.9 Å². The molecule has 0 aromatic carbocycles. The number of aliphatic carboxylic acids is 1. The van der Waals surface area contributed by atoms with Crippen molar-refractivity contribution in [2.75, 3.05) is 40.3 Å². The summed E-state index contributed by atoms with van der Waals surface area (Å²) in [5, 5.41) is 8.62. The van der Waals surface area contributed by atoms with Crippen molar-refractivity contribution in [1.82, 2.24) is 9.80 Å². The lowest BCUT2D eigenvalue weighted by atomic mass is 10.0. The van der Waals surface area contributed by atoms with Gasteiger partial charge in [-0.1, -0.05) is 0 Å². The van der Waals surface area contributed by atoms with Crippen LogP contribution >= 0.6 is 0 Å². The summed E-state index contributed by atoms with van der Waals surface area (Å²) in [5.74, 6) is -0.0264. The molecule has 3 N–H and O–H groups in total. The van der Waals surface area contributed by atoms with E-state index in [1.165, 1.54) is 25.9 Å². The van der Waals surface area contributed by atoms with Crippen LogP contribution in [-0.2, 0) is 4.79 Å². The fourth-order valence-corrected chi connectivity index (χ4v) is 2.45. The molecular weight excluding hydrogens is 218 g/mol. The molecule has 2 atom stereocenters. The van der Waals surface area contributed by atoms with Gasteiger partial charge in [-0.25, -0.2) is 0 Å². The maximum absolute atomic E-state index is 10.5. The van der Waals surface area contributed by atoms with Gasteiger partial charge < -0.3 is 20.6 Å². The SMILES string of the molecule is CN(CCC1CCN(C)C1)CC(N)CC(=O)O. The summed E-state index contributed by atoms with van der Waals surface area (Å²) >= 11 is 0. The molecule has 0 amide bonds. The predicted octanol–water partition coefficient (Wildman–Crippen LogP) is 0.0620. The van der Waals surface area contributed by atoms with Gasteiger partial charge in [-0.2, -0.15) is 0 Å². The molecule has 1 heterocycles. The fraction of sp³-hybridized carbons (Fsp3) is 0.917. The minimum absolute atomic E-state index is 0.0521. The van der Waals surface area contributed by atoms with Gasteiger partial charge in [-0.15, -0.1) is 0 Å². The normalized spacial score (nSPS) is 23.2. The van der Waals surface area contributed by atoms with Crippen molar-refractivity contribution >= 4 is 5.97 Å². The first kappa shape index (κ1) is 14.4. The van der Waals surface area contributed by atoms with Gasteiger partial charge in [0.05, 0.1) is 6.42 Å². The van der Waals surface area contributed by atoms with Crippen LogP contribution in [0.3, 0.4) is 0 Å². The number of nitrogens with zero attached hydrogens (tertiary/aromatic N) is 2. The van der Waals surface area contributed by atoms with E-state index < -0.39 is 5.97 Å². The van der Waals surface area contributed by atoms with E-state index in [-0.39, 0.29) is 12.5 Å². The number of likely N-dealkylation sites (tertiary alicyclic amines) is 1. The van der Waals surface area contributed by atoms with Gasteiger partial charge in [0.1, 0.15) is 0 Å². The Morgan fingerprint density at radius 2 is 2.35 bits per heavy atom. The summed E-state index contributed by atoms with van der Waals surface area (Å²) in [5.41, 5.74) is 5.75. The minimum atomic E-state index is -0.816. The maximum Gasteiger partial charge on any atom is 0.304 e. The third-order valence-corrected chi connectivity index (χ3v) is 3.39. The van der Waals surface area contributed by atoms with Crippen LogP contribution in [0.4, 0.5) is 0 Å². The zero-order valence-electron chi connectivity index (χ0n) is 10.9. The zero-order chi connectivity index (χ0) is 12.8. The number of hydrogen-bond donors (Lipinski definition) is 2. The second-order valence-electron chi connectivity index (χ2n) is 5.33. The summed E-state index contributed by atoms with van der Waals surface area (Å²) in [4.78, 5) is 15.0. The molecule has 0 bridgehead atoms. The number of hydrogen-bond acceptors (Lipinski definition) is 4. The Balaban J connectivity index is 2.12. The van der Waals surface area contributed by atoms with Crippen LogP contribution in [0.15, 0.2) is 0 Å². The molecule has 0 aromatic heterocycles. The third-order valence-electron chi connectivity index (χ3n) is 3.39. The molecule has 1 aliphatic rings. The molecule has 1 aliphatic heterocycles. The van der Waals surface area contributed by atoms with Gasteiger partial charge in [0.25, 0.3) is 0 Å². The maximum atomic E-state index is 10.5. The highest BCUT2D eigenvalue weighted by molar-refractivity contribution is 5.67. The van der Waals surface area contributed by atoms with Crippen LogP contribution in [-0.4, -0.2) is 67.2 Å². The molecule has 0 aliphatic carbocycles. The van der Waals surface area contributed by atoms with Crippen molar-refractivity contribution < 1.29 is 9.90 Å². The number of carboxylic acid groups (broad SMARTS) is 1. The molecule has 1 fully saturated rings. The fourth-order valence-electron chi connectivity index (χ4n) is 2.45. The van der Waals surface area contributed by atoms with E-state index in [2.05, 4.69) is 16.8 Å². The standard InChI is InChI=1S/C12H25N3O2/c1-14-5-3-10(8-14)4-6-15(2)9-11(13)7-12(16)17/h10-11H,3-9,13H2,1-2H3,(H,16,17). The van der Waals surface area contributed by atoms with Crippen molar-refractivity contribution in [2.24, 2.45) is 11.7 Å². The van der Waals surface area contributed by atoms with E-state index in [0.29, 0.717) is 6.54 Å². The molecule has 0 aromatic rings. The average Bonchev–Trinajstić information content (AvgIpc) is 2.59. The van der Waals surface area contributed by atoms with Crippen LogP contribution in [0.2, 0.25) is 0 Å². The number of nitrogens with two attached hydrogens (primary N) is 1. The molecule has 100 valence electrons. The second-order valence-corrected chi connectivity index (χ2v) is 5.33. The minimum Gasteiger partial charge on any atom is -0.481 e. The van der Waals surface area contributed by atoms with Crippen LogP contribution in [0, 0.1) is 5.92 Å². The van der Waals surface area contributed by atoms with Gasteiger partial charge in [0.2, 0.25) is 0 Å². The van der Waals surface area contributed by atoms with Gasteiger partial charge >= 0.3 is 5.97 Å². The highest BCUT2D eigenvalue weighted by Crippen LogP contribution is 2.17. The molecule has 1 saturated heterocycles. The lowest BCUT2D eigenvalue weighted by molar-refractivity contribution is -0.137. The topological polar surface area (TPSA) is 69.8 Å². The average molecular weight is 243 g/mol. The molecule has 0 saturated carbocycles. The molecule has 1 rings (SSSR count). The number of rotatable bonds is 7. The molecule has 5 heteroatoms. The number of carbonyl (C=O) groups is 1. The van der Waals surface area contributed by atoms with Crippen LogP contribution < -0.4 is 5.73 Å². The third kappa shape index (κ3) is 6.00. The Labute approximate surface area is 104 Å². The summed E-state index contributed by atoms with van der Waals surface area (Å²) in [7, 11) is 4.17. The first-order chi connectivity index (χ1) is 7.97. The summed E-state index contributed by atoms with van der Waals surface area (Å²) in [6, 6.07) is -0.260. The van der Waals surface area contributed by atoms with Crippen LogP contribution in [0.1, 0.15) is 19.3 Å². The summed E-state index contributed by atoms with van der Waals surface area (Å²) in [6.45, 7) is 4.06. The summed E-state index contributed by atoms with van der Waals surface area (Å²) < 4.78 is 0. The van der Waals surface area contributed by atoms with E-state index in [4.69, 9.17) is 10.8 Å². The Kier molecular flexibility index (Phi) is 5.88. The van der Waals surface area contributed by atoms with Crippen LogP contribution in [0.25, 0.3) is 0 Å². The van der Waals surface area contributed by atoms with Gasteiger partial charge in [0, 0.05) is 19.1 Å². The molecule has 2 unspecified atom stereocenters. The summed E-state index contributed by atoms with van der Waals surface area (Å²) in [6.07, 6.45) is 2.52. The van der Waals surface area contributed by atoms with Crippen molar-refractivity contribution in [3.8, 4) is 0 Å². The first-order valence-corrected chi connectivity index (χ1v) is 6.32. The molecule has 5 nitrogen and oxygen atoms in total. The highest BCUT2D eigenvalue weighted by atomic mass is 16.4.